The van der Waals surface area contributed by atoms with Crippen molar-refractivity contribution in [2.24, 2.45) is 0 Å². The number of carbonyl (C=O) groups is 1. The van der Waals surface area contributed by atoms with E-state index in [1.54, 1.807) is 25.8 Å². The molecule has 0 bridgehead atoms. The highest BCUT2D eigenvalue weighted by Gasteiger charge is 2.17. The SMILES string of the molecule is Cc1ccccc1OCCN(C)C(=O)c1ccc(S(=O)(=O)NC(C)C)cc1. The van der Waals surface area contributed by atoms with Crippen LogP contribution in [0.2, 0.25) is 0 Å². The van der Waals surface area contributed by atoms with Gasteiger partial charge in [-0.1, -0.05) is 18.2 Å². The number of para-hydroxylation sites is 1. The number of sulfonamides is 1. The minimum atomic E-state index is -3.57. The number of carbonyl (C=O) groups excluding carboxylic acids is 1. The Morgan fingerprint density at radius 2 is 1.74 bits per heavy atom. The third-order valence-electron chi connectivity index (χ3n) is 3.93. The molecule has 27 heavy (non-hydrogen) atoms. The van der Waals surface area contributed by atoms with Crippen molar-refractivity contribution in [1.82, 2.24) is 9.62 Å². The molecule has 0 atom stereocenters. The van der Waals surface area contributed by atoms with Crippen LogP contribution < -0.4 is 9.46 Å². The van der Waals surface area contributed by atoms with Gasteiger partial charge in [0.25, 0.3) is 5.91 Å². The van der Waals surface area contributed by atoms with Crippen LogP contribution in [0.25, 0.3) is 0 Å². The lowest BCUT2D eigenvalue weighted by molar-refractivity contribution is 0.0773. The van der Waals surface area contributed by atoms with Gasteiger partial charge in [-0.05, 0) is 56.7 Å². The molecule has 0 fully saturated rings. The number of ether oxygens (including phenoxy) is 1. The van der Waals surface area contributed by atoms with E-state index in [0.717, 1.165) is 11.3 Å². The molecule has 0 aliphatic heterocycles. The first-order chi connectivity index (χ1) is 12.7. The van der Waals surface area contributed by atoms with Crippen LogP contribution in [0.1, 0.15) is 29.8 Å². The van der Waals surface area contributed by atoms with Gasteiger partial charge in [-0.2, -0.15) is 0 Å². The number of nitrogens with zero attached hydrogens (tertiary/aromatic N) is 1. The van der Waals surface area contributed by atoms with Crippen LogP contribution in [0.5, 0.6) is 5.75 Å². The molecule has 0 radical (unpaired) electrons. The fourth-order valence-corrected chi connectivity index (χ4v) is 3.74. The van der Waals surface area contributed by atoms with Crippen molar-refractivity contribution in [1.29, 1.82) is 0 Å². The predicted molar refractivity (Wildman–Crippen MR) is 106 cm³/mol. The summed E-state index contributed by atoms with van der Waals surface area (Å²) >= 11 is 0. The van der Waals surface area contributed by atoms with Crippen LogP contribution in [0.3, 0.4) is 0 Å². The normalized spacial score (nSPS) is 11.4. The topological polar surface area (TPSA) is 75.7 Å². The Bertz CT molecular complexity index is 877. The smallest absolute Gasteiger partial charge is 0.253 e. The van der Waals surface area contributed by atoms with E-state index < -0.39 is 10.0 Å². The van der Waals surface area contributed by atoms with Crippen molar-refractivity contribution < 1.29 is 17.9 Å². The van der Waals surface area contributed by atoms with Crippen LogP contribution in [0.15, 0.2) is 53.4 Å². The van der Waals surface area contributed by atoms with Gasteiger partial charge in [-0.25, -0.2) is 13.1 Å². The summed E-state index contributed by atoms with van der Waals surface area (Å²) in [6.07, 6.45) is 0. The number of nitrogens with one attached hydrogen (secondary N) is 1. The molecule has 6 nitrogen and oxygen atoms in total. The Hall–Kier alpha value is -2.38. The number of hydrogen-bond acceptors (Lipinski definition) is 4. The molecule has 0 spiro atoms. The van der Waals surface area contributed by atoms with Gasteiger partial charge in [0.1, 0.15) is 12.4 Å². The van der Waals surface area contributed by atoms with Gasteiger partial charge in [-0.15, -0.1) is 0 Å². The van der Waals surface area contributed by atoms with Gasteiger partial charge >= 0.3 is 0 Å². The second-order valence-electron chi connectivity index (χ2n) is 6.64. The number of amides is 1. The first-order valence-corrected chi connectivity index (χ1v) is 10.3. The predicted octanol–water partition coefficient (Wildman–Crippen LogP) is 2.83. The molecule has 2 rings (SSSR count). The Morgan fingerprint density at radius 3 is 2.33 bits per heavy atom. The van der Waals surface area contributed by atoms with Gasteiger partial charge in [0, 0.05) is 18.7 Å². The van der Waals surface area contributed by atoms with Crippen molar-refractivity contribution in [3.63, 3.8) is 0 Å². The highest BCUT2D eigenvalue weighted by molar-refractivity contribution is 7.89. The van der Waals surface area contributed by atoms with Crippen molar-refractivity contribution >= 4 is 15.9 Å². The molecule has 1 amide bonds. The van der Waals surface area contributed by atoms with Crippen molar-refractivity contribution in [2.75, 3.05) is 20.2 Å². The Balaban J connectivity index is 1.95. The molecule has 0 aromatic heterocycles. The second kappa shape index (κ2) is 9.01. The van der Waals surface area contributed by atoms with Gasteiger partial charge in [-0.3, -0.25) is 4.79 Å². The Labute approximate surface area is 161 Å². The van der Waals surface area contributed by atoms with Gasteiger partial charge in [0.2, 0.25) is 10.0 Å². The van der Waals surface area contributed by atoms with Gasteiger partial charge < -0.3 is 9.64 Å². The van der Waals surface area contributed by atoms with Crippen molar-refractivity contribution in [2.45, 2.75) is 31.7 Å². The molecule has 2 aromatic rings. The number of aryl methyl sites for hydroxylation is 1. The van der Waals surface area contributed by atoms with Crippen LogP contribution in [0, 0.1) is 6.92 Å². The fourth-order valence-electron chi connectivity index (χ4n) is 2.49. The fraction of sp³-hybridized carbons (Fsp3) is 0.350. The lowest BCUT2D eigenvalue weighted by atomic mass is 10.2. The van der Waals surface area contributed by atoms with E-state index in [1.165, 1.54) is 24.3 Å². The van der Waals surface area contributed by atoms with Crippen LogP contribution >= 0.6 is 0 Å². The maximum atomic E-state index is 12.5. The van der Waals surface area contributed by atoms with E-state index >= 15 is 0 Å². The average molecular weight is 391 g/mol. The van der Waals surface area contributed by atoms with Gasteiger partial charge in [0.15, 0.2) is 0 Å². The minimum Gasteiger partial charge on any atom is -0.491 e. The molecule has 0 saturated carbocycles. The summed E-state index contributed by atoms with van der Waals surface area (Å²) < 4.78 is 32.5. The molecule has 146 valence electrons. The summed E-state index contributed by atoms with van der Waals surface area (Å²) in [6, 6.07) is 13.4. The van der Waals surface area contributed by atoms with Crippen LogP contribution in [-0.2, 0) is 10.0 Å². The molecular weight excluding hydrogens is 364 g/mol. The molecular formula is C20H26N2O4S. The quantitative estimate of drug-likeness (QED) is 0.752. The first-order valence-electron chi connectivity index (χ1n) is 8.77. The highest BCUT2D eigenvalue weighted by atomic mass is 32.2. The molecule has 0 aliphatic carbocycles. The molecule has 1 N–H and O–H groups in total. The minimum absolute atomic E-state index is 0.137. The highest BCUT2D eigenvalue weighted by Crippen LogP contribution is 2.16. The molecule has 2 aromatic carbocycles. The lowest BCUT2D eigenvalue weighted by Crippen LogP contribution is -2.31. The second-order valence-corrected chi connectivity index (χ2v) is 8.36. The summed E-state index contributed by atoms with van der Waals surface area (Å²) in [4.78, 5) is 14.2. The largest absolute Gasteiger partial charge is 0.491 e. The maximum absolute atomic E-state index is 12.5. The summed E-state index contributed by atoms with van der Waals surface area (Å²) in [6.45, 7) is 6.26. The van der Waals surface area contributed by atoms with Gasteiger partial charge in [0.05, 0.1) is 11.4 Å². The average Bonchev–Trinajstić information content (AvgIpc) is 2.61. The summed E-state index contributed by atoms with van der Waals surface area (Å²) in [5, 5.41) is 0. The molecule has 0 unspecified atom stereocenters. The van der Waals surface area contributed by atoms with E-state index in [1.807, 2.05) is 31.2 Å². The lowest BCUT2D eigenvalue weighted by Gasteiger charge is -2.18. The molecule has 0 heterocycles. The number of benzene rings is 2. The van der Waals surface area contributed by atoms with E-state index in [0.29, 0.717) is 18.7 Å². The van der Waals surface area contributed by atoms with Crippen LogP contribution in [-0.4, -0.2) is 45.5 Å². The third-order valence-corrected chi connectivity index (χ3v) is 5.60. The monoisotopic (exact) mass is 390 g/mol. The van der Waals surface area contributed by atoms with E-state index in [4.69, 9.17) is 4.74 Å². The maximum Gasteiger partial charge on any atom is 0.253 e. The number of rotatable bonds is 8. The van der Waals surface area contributed by atoms with Crippen LogP contribution in [0.4, 0.5) is 0 Å². The summed E-state index contributed by atoms with van der Waals surface area (Å²) in [7, 11) is -1.88. The molecule has 0 aliphatic rings. The Morgan fingerprint density at radius 1 is 1.11 bits per heavy atom. The Kier molecular flexibility index (Phi) is 6.98. The number of likely N-dealkylation sites (N-methyl/N-ethyl adjacent to an activating group) is 1. The standard InChI is InChI=1S/C20H26N2O4S/c1-15(2)21-27(24,25)18-11-9-17(10-12-18)20(23)22(4)13-14-26-19-8-6-5-7-16(19)3/h5-12,15,21H,13-14H2,1-4H3. The van der Waals surface area contributed by atoms with E-state index in [2.05, 4.69) is 4.72 Å². The molecule has 7 heteroatoms. The zero-order chi connectivity index (χ0) is 20.0. The summed E-state index contributed by atoms with van der Waals surface area (Å²) in [5.41, 5.74) is 1.47. The van der Waals surface area contributed by atoms with Crippen molar-refractivity contribution in [3.8, 4) is 5.75 Å². The zero-order valence-electron chi connectivity index (χ0n) is 16.1. The zero-order valence-corrected chi connectivity index (χ0v) is 16.9. The van der Waals surface area contributed by atoms with Crippen molar-refractivity contribution in [3.05, 3.63) is 59.7 Å². The summed E-state index contributed by atoms with van der Waals surface area (Å²) in [5.74, 6) is 0.606. The van der Waals surface area contributed by atoms with E-state index in [9.17, 15) is 13.2 Å². The van der Waals surface area contributed by atoms with E-state index in [-0.39, 0.29) is 16.8 Å². The first kappa shape index (κ1) is 20.9. The molecule has 0 saturated heterocycles. The number of hydrogen-bond donors (Lipinski definition) is 1. The third kappa shape index (κ3) is 5.80.